The van der Waals surface area contributed by atoms with E-state index in [0.29, 0.717) is 12.0 Å². The van der Waals surface area contributed by atoms with Crippen LogP contribution in [0.5, 0.6) is 11.5 Å². The average Bonchev–Trinajstić information content (AvgIpc) is 3.09. The van der Waals surface area contributed by atoms with Gasteiger partial charge in [0.15, 0.2) is 11.5 Å². The number of aromatic hydroxyl groups is 1. The lowest BCUT2D eigenvalue weighted by Crippen LogP contribution is -2.62. The Morgan fingerprint density at radius 3 is 1.83 bits per heavy atom. The van der Waals surface area contributed by atoms with Crippen molar-refractivity contribution in [3.63, 3.8) is 0 Å². The third-order valence-corrected chi connectivity index (χ3v) is 7.47. The second kappa shape index (κ2) is 17.5. The Morgan fingerprint density at radius 1 is 0.729 bits per heavy atom. The number of benzene rings is 4. The fourth-order valence-corrected chi connectivity index (χ4v) is 4.87. The van der Waals surface area contributed by atoms with E-state index < -0.39 is 29.6 Å². The molecule has 4 aromatic carbocycles. The van der Waals surface area contributed by atoms with Crippen LogP contribution < -0.4 is 20.9 Å². The van der Waals surface area contributed by atoms with Gasteiger partial charge in [-0.3, -0.25) is 10.2 Å². The van der Waals surface area contributed by atoms with E-state index in [9.17, 15) is 19.5 Å². The molecule has 4 aromatic rings. The van der Waals surface area contributed by atoms with Crippen LogP contribution in [0.25, 0.3) is 0 Å². The number of ether oxygens (including phenoxy) is 3. The summed E-state index contributed by atoms with van der Waals surface area (Å²) in [5, 5.41) is 13.1. The van der Waals surface area contributed by atoms with Gasteiger partial charge in [-0.2, -0.15) is 0 Å². The number of rotatable bonds is 16. The molecule has 0 fully saturated rings. The zero-order valence-corrected chi connectivity index (χ0v) is 27.5. The maximum absolute atomic E-state index is 13.7. The van der Waals surface area contributed by atoms with Crippen LogP contribution in [0.2, 0.25) is 0 Å². The lowest BCUT2D eigenvalue weighted by atomic mass is 9.93. The predicted molar refractivity (Wildman–Crippen MR) is 182 cm³/mol. The quantitative estimate of drug-likeness (QED) is 0.0858. The molecule has 10 nitrogen and oxygen atoms in total. The smallest absolute Gasteiger partial charge is 0.408 e. The first kappa shape index (κ1) is 35.5. The van der Waals surface area contributed by atoms with Gasteiger partial charge in [-0.25, -0.2) is 15.0 Å². The van der Waals surface area contributed by atoms with E-state index in [1.165, 1.54) is 6.07 Å². The topological polar surface area (TPSA) is 135 Å². The highest BCUT2D eigenvalue weighted by molar-refractivity contribution is 5.86. The highest BCUT2D eigenvalue weighted by atomic mass is 16.5. The minimum absolute atomic E-state index is 0.0245. The SMILES string of the molecule is CC(C)C[C@H](NC(=O)OCc1ccccc1)C(=O)NN[C@@](C)(Cc1ccc(O)c(OCc2ccccc2)c1)C(=O)OCc1ccccc1. The number of amides is 2. The second-order valence-corrected chi connectivity index (χ2v) is 12.1. The van der Waals surface area contributed by atoms with E-state index in [-0.39, 0.29) is 43.7 Å². The van der Waals surface area contributed by atoms with Crippen LogP contribution in [-0.2, 0) is 45.3 Å². The Labute approximate surface area is 281 Å². The summed E-state index contributed by atoms with van der Waals surface area (Å²) in [6.45, 7) is 5.78. The van der Waals surface area contributed by atoms with Gasteiger partial charge in [-0.15, -0.1) is 0 Å². The van der Waals surface area contributed by atoms with E-state index >= 15 is 0 Å². The maximum atomic E-state index is 13.7. The molecule has 4 N–H and O–H groups in total. The summed E-state index contributed by atoms with van der Waals surface area (Å²) in [5.41, 5.74) is 7.24. The molecular formula is C38H43N3O7. The number of alkyl carbamates (subject to hydrolysis) is 1. The summed E-state index contributed by atoms with van der Waals surface area (Å²) in [4.78, 5) is 39.8. The van der Waals surface area contributed by atoms with Gasteiger partial charge in [0.05, 0.1) is 0 Å². The van der Waals surface area contributed by atoms with Crippen molar-refractivity contribution in [3.8, 4) is 11.5 Å². The van der Waals surface area contributed by atoms with Gasteiger partial charge in [0.1, 0.15) is 31.4 Å². The Balaban J connectivity index is 1.47. The minimum Gasteiger partial charge on any atom is -0.504 e. The fraction of sp³-hybridized carbons (Fsp3) is 0.289. The zero-order chi connectivity index (χ0) is 34.4. The average molecular weight is 654 g/mol. The Kier molecular flexibility index (Phi) is 13.0. The molecule has 0 unspecified atom stereocenters. The lowest BCUT2D eigenvalue weighted by Gasteiger charge is -2.30. The summed E-state index contributed by atoms with van der Waals surface area (Å²) < 4.78 is 16.9. The largest absolute Gasteiger partial charge is 0.504 e. The second-order valence-electron chi connectivity index (χ2n) is 12.1. The number of hydrogen-bond donors (Lipinski definition) is 4. The molecule has 0 saturated heterocycles. The van der Waals surface area contributed by atoms with E-state index in [0.717, 1.165) is 16.7 Å². The van der Waals surface area contributed by atoms with Crippen LogP contribution in [-0.4, -0.2) is 34.7 Å². The number of phenols is 1. The molecule has 0 bridgehead atoms. The minimum atomic E-state index is -1.46. The van der Waals surface area contributed by atoms with Gasteiger partial charge < -0.3 is 24.6 Å². The van der Waals surface area contributed by atoms with Gasteiger partial charge in [0.2, 0.25) is 0 Å². The number of phenolic OH excluding ortho intramolecular Hbond substituents is 1. The number of esters is 1. The molecule has 48 heavy (non-hydrogen) atoms. The Hall–Kier alpha value is -5.35. The van der Waals surface area contributed by atoms with Crippen molar-refractivity contribution < 1.29 is 33.7 Å². The first-order valence-electron chi connectivity index (χ1n) is 15.9. The highest BCUT2D eigenvalue weighted by Gasteiger charge is 2.37. The van der Waals surface area contributed by atoms with Crippen LogP contribution in [0.1, 0.15) is 49.4 Å². The van der Waals surface area contributed by atoms with E-state index in [1.54, 1.807) is 19.1 Å². The van der Waals surface area contributed by atoms with E-state index in [1.807, 2.05) is 105 Å². The molecule has 0 aliphatic rings. The molecule has 0 aliphatic heterocycles. The molecule has 0 aromatic heterocycles. The van der Waals surface area contributed by atoms with Crippen LogP contribution >= 0.6 is 0 Å². The number of hydrazine groups is 1. The Bertz CT molecular complexity index is 1620. The van der Waals surface area contributed by atoms with Gasteiger partial charge in [-0.05, 0) is 53.6 Å². The molecule has 10 heteroatoms. The predicted octanol–water partition coefficient (Wildman–Crippen LogP) is 5.98. The first-order chi connectivity index (χ1) is 23.1. The fourth-order valence-electron chi connectivity index (χ4n) is 4.87. The number of carbonyl (C=O) groups is 3. The van der Waals surface area contributed by atoms with Gasteiger partial charge in [0, 0.05) is 6.42 Å². The maximum Gasteiger partial charge on any atom is 0.408 e. The molecule has 4 rings (SSSR count). The number of hydrogen-bond acceptors (Lipinski definition) is 8. The third-order valence-electron chi connectivity index (χ3n) is 7.47. The summed E-state index contributed by atoms with van der Waals surface area (Å²) in [6.07, 6.45) is -0.357. The molecule has 252 valence electrons. The lowest BCUT2D eigenvalue weighted by molar-refractivity contribution is -0.153. The van der Waals surface area contributed by atoms with Crippen molar-refractivity contribution in [2.45, 2.75) is 65.0 Å². The van der Waals surface area contributed by atoms with Crippen LogP contribution in [0.3, 0.4) is 0 Å². The van der Waals surface area contributed by atoms with Crippen molar-refractivity contribution in [3.05, 3.63) is 131 Å². The van der Waals surface area contributed by atoms with Crippen molar-refractivity contribution in [1.29, 1.82) is 0 Å². The molecule has 2 amide bonds. The number of nitrogens with one attached hydrogen (secondary N) is 3. The molecule has 2 atom stereocenters. The van der Waals surface area contributed by atoms with E-state index in [2.05, 4.69) is 16.2 Å². The summed E-state index contributed by atoms with van der Waals surface area (Å²) in [6, 6.07) is 31.9. The molecule has 0 aliphatic carbocycles. The first-order valence-corrected chi connectivity index (χ1v) is 15.9. The van der Waals surface area contributed by atoms with E-state index in [4.69, 9.17) is 14.2 Å². The standard InChI is InChI=1S/C38H43N3O7/c1-27(2)21-32(39-37(45)48-26-30-17-11-6-12-18-30)35(43)40-41-38(3,36(44)47-25-29-15-9-5-10-16-29)23-31-19-20-33(42)34(22-31)46-24-28-13-7-4-8-14-28/h4-20,22,27,32,41-42H,21,23-26H2,1-3H3,(H,39,45)(H,40,43)/t32-,38-/m0/s1. The van der Waals surface area contributed by atoms with Crippen LogP contribution in [0.15, 0.2) is 109 Å². The van der Waals surface area contributed by atoms with Gasteiger partial charge in [0.25, 0.3) is 5.91 Å². The van der Waals surface area contributed by atoms with Gasteiger partial charge in [-0.1, -0.05) is 111 Å². The number of carbonyl (C=O) groups excluding carboxylic acids is 3. The summed E-state index contributed by atoms with van der Waals surface area (Å²) in [7, 11) is 0. The zero-order valence-electron chi connectivity index (χ0n) is 27.5. The summed E-state index contributed by atoms with van der Waals surface area (Å²) >= 11 is 0. The third kappa shape index (κ3) is 11.2. The summed E-state index contributed by atoms with van der Waals surface area (Å²) in [5.74, 6) is -0.924. The Morgan fingerprint density at radius 2 is 1.27 bits per heavy atom. The van der Waals surface area contributed by atoms with Crippen molar-refractivity contribution in [2.24, 2.45) is 5.92 Å². The van der Waals surface area contributed by atoms with Gasteiger partial charge >= 0.3 is 12.1 Å². The van der Waals surface area contributed by atoms with Crippen molar-refractivity contribution in [1.82, 2.24) is 16.2 Å². The molecular weight excluding hydrogens is 610 g/mol. The normalized spacial score (nSPS) is 12.8. The molecule has 0 heterocycles. The van der Waals surface area contributed by atoms with Crippen LogP contribution in [0.4, 0.5) is 4.79 Å². The van der Waals surface area contributed by atoms with Crippen molar-refractivity contribution >= 4 is 18.0 Å². The molecule has 0 spiro atoms. The van der Waals surface area contributed by atoms with Crippen LogP contribution in [0, 0.1) is 5.92 Å². The molecule has 0 radical (unpaired) electrons. The highest BCUT2D eigenvalue weighted by Crippen LogP contribution is 2.29. The monoisotopic (exact) mass is 653 g/mol. The van der Waals surface area contributed by atoms with Crippen molar-refractivity contribution in [2.75, 3.05) is 0 Å². The molecule has 0 saturated carbocycles.